The highest BCUT2D eigenvalue weighted by Gasteiger charge is 2.38. The van der Waals surface area contributed by atoms with Gasteiger partial charge in [-0.15, -0.1) is 0 Å². The molecule has 0 radical (unpaired) electrons. The zero-order valence-electron chi connectivity index (χ0n) is 9.63. The van der Waals surface area contributed by atoms with Crippen LogP contribution in [0.2, 0.25) is 0 Å². The van der Waals surface area contributed by atoms with E-state index < -0.39 is 17.5 Å². The number of rotatable bonds is 1. The number of ether oxygens (including phenoxy) is 2. The molecule has 0 fully saturated rings. The molecule has 0 aromatic rings. The van der Waals surface area contributed by atoms with Gasteiger partial charge in [0.2, 0.25) is 0 Å². The number of hydrogen-bond donors (Lipinski definition) is 0. The summed E-state index contributed by atoms with van der Waals surface area (Å²) < 4.78 is 9.30. The second kappa shape index (κ2) is 3.98. The fraction of sp³-hybridized carbons (Fsp3) is 0.800. The number of esters is 2. The minimum Gasteiger partial charge on any atom is -0.461 e. The van der Waals surface area contributed by atoms with Crippen LogP contribution in [-0.4, -0.2) is 24.6 Å². The Labute approximate surface area is 84.6 Å². The monoisotopic (exact) mass is 202 g/mol. The Kier molecular flexibility index (Phi) is 3.68. The predicted octanol–water partition coefficient (Wildman–Crippen LogP) is 1.53. The van der Waals surface area contributed by atoms with Crippen molar-refractivity contribution < 1.29 is 19.1 Å². The molecule has 4 heteroatoms. The molecule has 0 spiro atoms. The molecule has 0 rings (SSSR count). The maximum absolute atomic E-state index is 11.1. The van der Waals surface area contributed by atoms with Gasteiger partial charge in [0.05, 0.1) is 7.11 Å². The van der Waals surface area contributed by atoms with Gasteiger partial charge in [-0.2, -0.15) is 0 Å². The number of hydrogen-bond acceptors (Lipinski definition) is 4. The van der Waals surface area contributed by atoms with Crippen LogP contribution < -0.4 is 0 Å². The molecule has 82 valence electrons. The topological polar surface area (TPSA) is 52.6 Å². The lowest BCUT2D eigenvalue weighted by Gasteiger charge is -2.37. The van der Waals surface area contributed by atoms with Crippen molar-refractivity contribution in [1.82, 2.24) is 0 Å². The van der Waals surface area contributed by atoms with Crippen molar-refractivity contribution in [3.8, 4) is 0 Å². The quantitative estimate of drug-likeness (QED) is 0.478. The van der Waals surface area contributed by atoms with Crippen LogP contribution in [0.1, 0.15) is 34.6 Å². The van der Waals surface area contributed by atoms with E-state index in [4.69, 9.17) is 4.74 Å². The lowest BCUT2D eigenvalue weighted by Crippen LogP contribution is -2.43. The van der Waals surface area contributed by atoms with Crippen molar-refractivity contribution in [2.75, 3.05) is 7.11 Å². The number of carbonyl (C=O) groups is 2. The van der Waals surface area contributed by atoms with Crippen molar-refractivity contribution in [1.29, 1.82) is 0 Å². The van der Waals surface area contributed by atoms with Crippen LogP contribution in [0.3, 0.4) is 0 Å². The van der Waals surface area contributed by atoms with Gasteiger partial charge in [0, 0.05) is 5.41 Å². The summed E-state index contributed by atoms with van der Waals surface area (Å²) in [4.78, 5) is 22.0. The van der Waals surface area contributed by atoms with Gasteiger partial charge in [-0.05, 0) is 13.8 Å². The van der Waals surface area contributed by atoms with E-state index in [9.17, 15) is 9.59 Å². The predicted molar refractivity (Wildman–Crippen MR) is 51.6 cm³/mol. The van der Waals surface area contributed by atoms with E-state index in [1.807, 2.05) is 20.8 Å². The summed E-state index contributed by atoms with van der Waals surface area (Å²) in [5.74, 6) is -1.92. The Bertz CT molecular complexity index is 235. The average molecular weight is 202 g/mol. The molecular formula is C10H18O4. The zero-order chi connectivity index (χ0) is 11.6. The van der Waals surface area contributed by atoms with Gasteiger partial charge < -0.3 is 9.47 Å². The lowest BCUT2D eigenvalue weighted by atomic mass is 9.79. The Morgan fingerprint density at radius 2 is 1.36 bits per heavy atom. The second-order valence-corrected chi connectivity index (χ2v) is 4.64. The van der Waals surface area contributed by atoms with Crippen molar-refractivity contribution in [3.05, 3.63) is 0 Å². The summed E-state index contributed by atoms with van der Waals surface area (Å²) in [5.41, 5.74) is -0.949. The van der Waals surface area contributed by atoms with Crippen LogP contribution >= 0.6 is 0 Å². The van der Waals surface area contributed by atoms with Crippen molar-refractivity contribution in [3.63, 3.8) is 0 Å². The molecule has 0 bridgehead atoms. The molecule has 0 aromatic carbocycles. The third kappa shape index (κ3) is 3.01. The van der Waals surface area contributed by atoms with Gasteiger partial charge in [0.1, 0.15) is 5.60 Å². The molecule has 0 atom stereocenters. The average Bonchev–Trinajstić information content (AvgIpc) is 2.00. The molecule has 0 aromatic heterocycles. The minimum atomic E-state index is -0.970. The van der Waals surface area contributed by atoms with E-state index in [-0.39, 0.29) is 5.41 Å². The Balaban J connectivity index is 4.53. The van der Waals surface area contributed by atoms with Gasteiger partial charge >= 0.3 is 11.9 Å². The van der Waals surface area contributed by atoms with E-state index in [0.29, 0.717) is 0 Å². The van der Waals surface area contributed by atoms with E-state index in [0.717, 1.165) is 7.11 Å². The lowest BCUT2D eigenvalue weighted by molar-refractivity contribution is -0.181. The van der Waals surface area contributed by atoms with E-state index in [1.165, 1.54) is 0 Å². The van der Waals surface area contributed by atoms with Crippen LogP contribution in [0.15, 0.2) is 0 Å². The summed E-state index contributed by atoms with van der Waals surface area (Å²) in [6, 6.07) is 0. The largest absolute Gasteiger partial charge is 0.461 e. The summed E-state index contributed by atoms with van der Waals surface area (Å²) >= 11 is 0. The summed E-state index contributed by atoms with van der Waals surface area (Å²) in [7, 11) is 1.15. The second-order valence-electron chi connectivity index (χ2n) is 4.64. The van der Waals surface area contributed by atoms with E-state index in [2.05, 4.69) is 4.74 Å². The summed E-state index contributed by atoms with van der Waals surface area (Å²) in [6.07, 6.45) is 0. The molecule has 0 aliphatic rings. The normalized spacial score (nSPS) is 12.1. The Morgan fingerprint density at radius 3 is 1.64 bits per heavy atom. The van der Waals surface area contributed by atoms with Gasteiger partial charge in [0.25, 0.3) is 0 Å². The molecular weight excluding hydrogens is 184 g/mol. The number of carbonyl (C=O) groups excluding carboxylic acids is 2. The molecule has 4 nitrogen and oxygen atoms in total. The van der Waals surface area contributed by atoms with Gasteiger partial charge in [0.15, 0.2) is 0 Å². The first-order valence-electron chi connectivity index (χ1n) is 4.43. The first-order valence-corrected chi connectivity index (χ1v) is 4.43. The molecule has 0 saturated heterocycles. The van der Waals surface area contributed by atoms with Gasteiger partial charge in [-0.25, -0.2) is 9.59 Å². The highest BCUT2D eigenvalue weighted by molar-refractivity contribution is 6.29. The highest BCUT2D eigenvalue weighted by Crippen LogP contribution is 2.32. The van der Waals surface area contributed by atoms with E-state index in [1.54, 1.807) is 13.8 Å². The van der Waals surface area contributed by atoms with Crippen LogP contribution in [0.5, 0.6) is 0 Å². The van der Waals surface area contributed by atoms with Gasteiger partial charge in [-0.1, -0.05) is 20.8 Å². The first-order chi connectivity index (χ1) is 6.12. The Morgan fingerprint density at radius 1 is 0.929 bits per heavy atom. The van der Waals surface area contributed by atoms with Crippen LogP contribution in [0, 0.1) is 5.41 Å². The third-order valence-electron chi connectivity index (χ3n) is 2.51. The smallest absolute Gasteiger partial charge is 0.418 e. The Hall–Kier alpha value is -1.06. The molecule has 0 aliphatic heterocycles. The fourth-order valence-corrected chi connectivity index (χ4v) is 0.510. The van der Waals surface area contributed by atoms with Crippen molar-refractivity contribution in [2.45, 2.75) is 40.2 Å². The molecule has 14 heavy (non-hydrogen) atoms. The molecule has 0 amide bonds. The van der Waals surface area contributed by atoms with Gasteiger partial charge in [-0.3, -0.25) is 0 Å². The molecule has 0 heterocycles. The summed E-state index contributed by atoms with van der Waals surface area (Å²) in [6.45, 7) is 9.30. The molecule has 0 unspecified atom stereocenters. The molecule has 0 saturated carbocycles. The van der Waals surface area contributed by atoms with Crippen LogP contribution in [0.4, 0.5) is 0 Å². The fourth-order valence-electron chi connectivity index (χ4n) is 0.510. The van der Waals surface area contributed by atoms with Crippen molar-refractivity contribution in [2.24, 2.45) is 5.41 Å². The highest BCUT2D eigenvalue weighted by atomic mass is 16.6. The third-order valence-corrected chi connectivity index (χ3v) is 2.51. The summed E-state index contributed by atoms with van der Waals surface area (Å²) in [5, 5.41) is 0. The molecule has 0 aliphatic carbocycles. The van der Waals surface area contributed by atoms with Crippen LogP contribution in [-0.2, 0) is 19.1 Å². The zero-order valence-corrected chi connectivity index (χ0v) is 9.63. The SMILES string of the molecule is COC(=O)C(=O)OC(C)(C)C(C)(C)C. The number of methoxy groups -OCH3 is 1. The van der Waals surface area contributed by atoms with Crippen LogP contribution in [0.25, 0.3) is 0 Å². The van der Waals surface area contributed by atoms with E-state index >= 15 is 0 Å². The molecule has 0 N–H and O–H groups in total. The maximum Gasteiger partial charge on any atom is 0.418 e. The van der Waals surface area contributed by atoms with Crippen molar-refractivity contribution >= 4 is 11.9 Å². The maximum atomic E-state index is 11.1. The minimum absolute atomic E-state index is 0.239. The standard InChI is InChI=1S/C10H18O4/c1-9(2,3)10(4,5)14-8(12)7(11)13-6/h1-6H3. The first kappa shape index (κ1) is 12.9.